The molecule has 2 aliphatic rings. The molecule has 8 nitrogen and oxygen atoms in total. The van der Waals surface area contributed by atoms with E-state index in [1.165, 1.54) is 38.5 Å². The van der Waals surface area contributed by atoms with E-state index in [9.17, 15) is 0 Å². The lowest BCUT2D eigenvalue weighted by Gasteiger charge is -2.32. The molecular weight excluding hydrogens is 914 g/mol. The Bertz CT molecular complexity index is 3030. The molecule has 4 heterocycles. The fraction of sp³-hybridized carbons (Fsp3) is 0.438. The van der Waals surface area contributed by atoms with E-state index >= 15 is 0 Å². The number of rotatable bonds is 19. The molecule has 0 saturated carbocycles. The molecular formula is C64H78B2N2O6. The highest BCUT2D eigenvalue weighted by Gasteiger charge is 2.53. The van der Waals surface area contributed by atoms with Crippen LogP contribution in [0, 0.1) is 11.8 Å². The first kappa shape index (κ1) is 52.0. The van der Waals surface area contributed by atoms with Crippen LogP contribution in [0.2, 0.25) is 0 Å². The highest BCUT2D eigenvalue weighted by molar-refractivity contribution is 6.63. The van der Waals surface area contributed by atoms with Crippen LogP contribution in [0.15, 0.2) is 121 Å². The van der Waals surface area contributed by atoms with E-state index in [2.05, 4.69) is 214 Å². The van der Waals surface area contributed by atoms with Crippen LogP contribution in [0.1, 0.15) is 134 Å². The molecule has 2 atom stereocenters. The molecule has 0 N–H and O–H groups in total. The van der Waals surface area contributed by atoms with Crippen LogP contribution >= 0.6 is 0 Å². The molecule has 0 radical (unpaired) electrons. The Hall–Kier alpha value is -5.51. The van der Waals surface area contributed by atoms with Gasteiger partial charge < -0.3 is 37.2 Å². The summed E-state index contributed by atoms with van der Waals surface area (Å²) in [5.74, 6) is 2.93. The first-order chi connectivity index (χ1) is 35.4. The van der Waals surface area contributed by atoms with Gasteiger partial charge in [-0.05, 0) is 187 Å². The van der Waals surface area contributed by atoms with Crippen LogP contribution in [0.25, 0.3) is 66.1 Å². The zero-order valence-electron chi connectivity index (χ0n) is 46.3. The van der Waals surface area contributed by atoms with Crippen molar-refractivity contribution in [3.63, 3.8) is 0 Å². The average molecular weight is 993 g/mol. The molecule has 2 aromatic heterocycles. The van der Waals surface area contributed by atoms with Gasteiger partial charge in [-0.1, -0.05) is 103 Å². The Kier molecular flexibility index (Phi) is 14.4. The summed E-state index contributed by atoms with van der Waals surface area (Å²) in [6.07, 6.45) is 9.54. The summed E-state index contributed by atoms with van der Waals surface area (Å²) < 4.78 is 44.0. The maximum absolute atomic E-state index is 6.62. The zero-order valence-corrected chi connectivity index (χ0v) is 46.3. The molecule has 8 aromatic rings. The van der Waals surface area contributed by atoms with Crippen molar-refractivity contribution in [3.05, 3.63) is 121 Å². The molecule has 6 aromatic carbocycles. The number of hydrogen-bond acceptors (Lipinski definition) is 6. The normalized spacial score (nSPS) is 17.8. The average Bonchev–Trinajstić information content (AvgIpc) is 4.05. The van der Waals surface area contributed by atoms with Crippen molar-refractivity contribution in [1.29, 1.82) is 0 Å². The largest absolute Gasteiger partial charge is 0.494 e. The molecule has 0 bridgehead atoms. The number of aromatic nitrogens is 2. The molecule has 0 aliphatic carbocycles. The van der Waals surface area contributed by atoms with Crippen LogP contribution in [0.4, 0.5) is 0 Å². The Balaban J connectivity index is 1.07. The number of fused-ring (bicyclic) bond motifs is 6. The lowest BCUT2D eigenvalue weighted by Crippen LogP contribution is -2.41. The van der Waals surface area contributed by atoms with Crippen LogP contribution in [0.5, 0.6) is 11.5 Å². The van der Waals surface area contributed by atoms with Crippen molar-refractivity contribution in [2.24, 2.45) is 11.8 Å². The molecule has 2 aliphatic heterocycles. The molecule has 2 saturated heterocycles. The smallest absolute Gasteiger partial charge is 0.493 e. The summed E-state index contributed by atoms with van der Waals surface area (Å²) in [6.45, 7) is 27.4. The van der Waals surface area contributed by atoms with E-state index < -0.39 is 36.6 Å². The number of unbranched alkanes of at least 4 members (excludes halogenated alkanes) is 2. The van der Waals surface area contributed by atoms with Crippen LogP contribution in [-0.4, -0.2) is 59.0 Å². The van der Waals surface area contributed by atoms with Gasteiger partial charge in [-0.25, -0.2) is 0 Å². The minimum atomic E-state index is -0.485. The fourth-order valence-corrected chi connectivity index (χ4v) is 10.9. The second-order valence-electron chi connectivity index (χ2n) is 23.3. The van der Waals surface area contributed by atoms with Gasteiger partial charge in [-0.15, -0.1) is 0 Å². The summed E-state index contributed by atoms with van der Waals surface area (Å²) >= 11 is 0. The van der Waals surface area contributed by atoms with Gasteiger partial charge in [0.25, 0.3) is 0 Å². The Morgan fingerprint density at radius 1 is 0.419 bits per heavy atom. The minimum absolute atomic E-state index is 0.457. The highest BCUT2D eigenvalue weighted by Crippen LogP contribution is 2.42. The first-order valence-electron chi connectivity index (χ1n) is 27.8. The Morgan fingerprint density at radius 2 is 0.743 bits per heavy atom. The fourth-order valence-electron chi connectivity index (χ4n) is 10.9. The van der Waals surface area contributed by atoms with Crippen LogP contribution in [-0.2, 0) is 18.6 Å². The van der Waals surface area contributed by atoms with Gasteiger partial charge >= 0.3 is 14.2 Å². The summed E-state index contributed by atoms with van der Waals surface area (Å²) in [4.78, 5) is 0. The van der Waals surface area contributed by atoms with E-state index in [0.29, 0.717) is 11.8 Å². The number of nitrogens with zero attached hydrogens (tertiary/aromatic N) is 2. The van der Waals surface area contributed by atoms with Gasteiger partial charge in [-0.3, -0.25) is 0 Å². The lowest BCUT2D eigenvalue weighted by atomic mass is 9.78. The lowest BCUT2D eigenvalue weighted by molar-refractivity contribution is 0.00578. The van der Waals surface area contributed by atoms with Crippen molar-refractivity contribution < 1.29 is 28.1 Å². The second kappa shape index (κ2) is 20.6. The minimum Gasteiger partial charge on any atom is -0.493 e. The third-order valence-electron chi connectivity index (χ3n) is 17.2. The quantitative estimate of drug-likeness (QED) is 0.0752. The van der Waals surface area contributed by atoms with Gasteiger partial charge in [0, 0.05) is 32.9 Å². The highest BCUT2D eigenvalue weighted by atomic mass is 16.7. The number of ether oxygens (including phenoxy) is 2. The second-order valence-corrected chi connectivity index (χ2v) is 23.3. The van der Waals surface area contributed by atoms with E-state index in [-0.39, 0.29) is 0 Å². The number of hydrogen-bond donors (Lipinski definition) is 0. The molecule has 10 heteroatoms. The van der Waals surface area contributed by atoms with Crippen molar-refractivity contribution in [2.75, 3.05) is 13.2 Å². The van der Waals surface area contributed by atoms with E-state index in [0.717, 1.165) is 115 Å². The zero-order chi connectivity index (χ0) is 52.2. The number of benzene rings is 6. The third-order valence-corrected chi connectivity index (χ3v) is 17.2. The summed E-state index contributed by atoms with van der Waals surface area (Å²) in [5, 5.41) is 4.58. The van der Waals surface area contributed by atoms with Gasteiger partial charge in [0.15, 0.2) is 0 Å². The van der Waals surface area contributed by atoms with Gasteiger partial charge in [-0.2, -0.15) is 0 Å². The molecule has 74 heavy (non-hydrogen) atoms. The van der Waals surface area contributed by atoms with Crippen LogP contribution in [0.3, 0.4) is 0 Å². The molecule has 386 valence electrons. The van der Waals surface area contributed by atoms with Gasteiger partial charge in [0.2, 0.25) is 0 Å². The van der Waals surface area contributed by atoms with Crippen LogP contribution < -0.4 is 20.4 Å². The standard InChI is InChI=1S/C64H78B2N2O6/c1-13-17-19-43(15-3)41-69-51-29-25-49(26-30-51)67-57-33-21-45(37-53(57)55-39-47(23-35-59(55)67)65-71-61(5,6)62(7,8)72-65)46-22-34-58-54(38-46)56-40-48(66-73-63(9,10)64(11,12)74-66)24-36-60(56)68(58)50-27-31-52(32-28-50)70-42-44(16-4)20-18-14-2/h21-40,43-44H,13-20,41-42H2,1-12H3. The third kappa shape index (κ3) is 9.81. The Morgan fingerprint density at radius 3 is 1.07 bits per heavy atom. The van der Waals surface area contributed by atoms with Crippen molar-refractivity contribution in [2.45, 2.75) is 157 Å². The van der Waals surface area contributed by atoms with Crippen molar-refractivity contribution in [1.82, 2.24) is 9.13 Å². The molecule has 10 rings (SSSR count). The van der Waals surface area contributed by atoms with Crippen molar-refractivity contribution >= 4 is 68.8 Å². The molecule has 0 spiro atoms. The first-order valence-corrected chi connectivity index (χ1v) is 27.8. The summed E-state index contributed by atoms with van der Waals surface area (Å²) in [7, 11) is -0.970. The van der Waals surface area contributed by atoms with E-state index in [1.54, 1.807) is 0 Å². The summed E-state index contributed by atoms with van der Waals surface area (Å²) in [6, 6.07) is 44.4. The van der Waals surface area contributed by atoms with Gasteiger partial charge in [0.1, 0.15) is 11.5 Å². The maximum Gasteiger partial charge on any atom is 0.494 e. The molecule has 2 fully saturated rings. The summed E-state index contributed by atoms with van der Waals surface area (Å²) in [5.41, 5.74) is 9.07. The monoisotopic (exact) mass is 993 g/mol. The predicted octanol–water partition coefficient (Wildman–Crippen LogP) is 15.3. The predicted molar refractivity (Wildman–Crippen MR) is 310 cm³/mol. The topological polar surface area (TPSA) is 65.2 Å². The SMILES string of the molecule is CCCCC(CC)COc1ccc(-n2c3ccc(B4OC(C)(C)C(C)(C)O4)cc3c3cc(-c4ccc5c(c4)c4cc(B6OC(C)(C)C(C)(C)O6)ccc4n5-c4ccc(OCC(CC)CCCC)cc4)ccc32)cc1. The maximum atomic E-state index is 6.62. The van der Waals surface area contributed by atoms with Crippen molar-refractivity contribution in [3.8, 4) is 34.0 Å². The van der Waals surface area contributed by atoms with Gasteiger partial charge in [0.05, 0.1) is 57.7 Å². The van der Waals surface area contributed by atoms with E-state index in [1.807, 2.05) is 0 Å². The molecule has 2 unspecified atom stereocenters. The Labute approximate surface area is 441 Å². The van der Waals surface area contributed by atoms with E-state index in [4.69, 9.17) is 28.1 Å². The molecule has 0 amide bonds.